The lowest BCUT2D eigenvalue weighted by molar-refractivity contribution is 0.0619. The Balaban J connectivity index is 2.27. The van der Waals surface area contributed by atoms with Gasteiger partial charge in [-0.3, -0.25) is 4.79 Å². The van der Waals surface area contributed by atoms with E-state index >= 15 is 0 Å². The summed E-state index contributed by atoms with van der Waals surface area (Å²) in [6.07, 6.45) is 1.48. The summed E-state index contributed by atoms with van der Waals surface area (Å²) in [7, 11) is 0. The molecule has 1 fully saturated rings. The molecule has 0 spiro atoms. The van der Waals surface area contributed by atoms with Gasteiger partial charge in [0.1, 0.15) is 5.82 Å². The van der Waals surface area contributed by atoms with Crippen LogP contribution in [0, 0.1) is 5.82 Å². The number of nitrogens with two attached hydrogens (primary N) is 1. The lowest BCUT2D eigenvalue weighted by Gasteiger charge is -2.36. The topological polar surface area (TPSA) is 46.3 Å². The van der Waals surface area contributed by atoms with Gasteiger partial charge >= 0.3 is 0 Å². The minimum atomic E-state index is -0.643. The zero-order chi connectivity index (χ0) is 14.2. The molecule has 2 atom stereocenters. The van der Waals surface area contributed by atoms with Crippen molar-refractivity contribution in [3.63, 3.8) is 0 Å². The van der Waals surface area contributed by atoms with Crippen LogP contribution in [0.3, 0.4) is 0 Å². The van der Waals surface area contributed by atoms with Gasteiger partial charge in [-0.2, -0.15) is 0 Å². The highest BCUT2D eigenvalue weighted by Crippen LogP contribution is 2.27. The van der Waals surface area contributed by atoms with E-state index in [9.17, 15) is 9.18 Å². The molecule has 1 aliphatic rings. The molecule has 1 aromatic carbocycles. The van der Waals surface area contributed by atoms with Crippen LogP contribution < -0.4 is 5.73 Å². The minimum absolute atomic E-state index is 0.0195. The van der Waals surface area contributed by atoms with Crippen LogP contribution in [0.5, 0.6) is 0 Å². The Morgan fingerprint density at radius 1 is 1.42 bits per heavy atom. The maximum Gasteiger partial charge on any atom is 0.255 e. The molecule has 104 valence electrons. The second-order valence-electron chi connectivity index (χ2n) is 4.88. The summed E-state index contributed by atoms with van der Waals surface area (Å²) in [6.45, 7) is 2.48. The number of halogens is 3. The third kappa shape index (κ3) is 3.02. The van der Waals surface area contributed by atoms with E-state index in [0.29, 0.717) is 6.54 Å². The van der Waals surface area contributed by atoms with Gasteiger partial charge in [0.25, 0.3) is 5.91 Å². The summed E-state index contributed by atoms with van der Waals surface area (Å²) in [5, 5.41) is 0.0775. The van der Waals surface area contributed by atoms with Crippen LogP contribution in [0.25, 0.3) is 0 Å². The Morgan fingerprint density at radius 3 is 2.74 bits per heavy atom. The second-order valence-corrected chi connectivity index (χ2v) is 5.69. The number of carbonyl (C=O) groups excluding carboxylic acids is 1. The number of hydrogen-bond donors (Lipinski definition) is 1. The lowest BCUT2D eigenvalue weighted by atomic mass is 9.98. The molecule has 0 aliphatic carbocycles. The molecule has 0 bridgehead atoms. The van der Waals surface area contributed by atoms with Crippen molar-refractivity contribution in [3.05, 3.63) is 33.6 Å². The van der Waals surface area contributed by atoms with E-state index in [0.717, 1.165) is 18.9 Å². The van der Waals surface area contributed by atoms with Crippen molar-refractivity contribution in [2.45, 2.75) is 31.8 Å². The lowest BCUT2D eigenvalue weighted by Crippen LogP contribution is -2.48. The van der Waals surface area contributed by atoms with E-state index in [1.165, 1.54) is 6.07 Å². The van der Waals surface area contributed by atoms with Gasteiger partial charge in [-0.1, -0.05) is 23.2 Å². The first-order valence-electron chi connectivity index (χ1n) is 6.11. The van der Waals surface area contributed by atoms with Crippen molar-refractivity contribution >= 4 is 29.1 Å². The molecule has 1 amide bonds. The summed E-state index contributed by atoms with van der Waals surface area (Å²) in [5.41, 5.74) is 6.00. The number of benzene rings is 1. The fourth-order valence-electron chi connectivity index (χ4n) is 2.35. The first-order chi connectivity index (χ1) is 8.90. The number of carbonyl (C=O) groups is 1. The normalized spacial score (nSPS) is 23.5. The average molecular weight is 305 g/mol. The summed E-state index contributed by atoms with van der Waals surface area (Å²) < 4.78 is 13.5. The number of rotatable bonds is 1. The molecule has 1 aromatic rings. The fraction of sp³-hybridized carbons (Fsp3) is 0.462. The second kappa shape index (κ2) is 5.65. The molecule has 2 N–H and O–H groups in total. The van der Waals surface area contributed by atoms with Gasteiger partial charge in [0.05, 0.1) is 15.6 Å². The van der Waals surface area contributed by atoms with Crippen molar-refractivity contribution in [2.24, 2.45) is 5.73 Å². The van der Waals surface area contributed by atoms with Gasteiger partial charge in [0.2, 0.25) is 0 Å². The van der Waals surface area contributed by atoms with Crippen LogP contribution in [-0.2, 0) is 0 Å². The largest absolute Gasteiger partial charge is 0.336 e. The Bertz CT molecular complexity index is 510. The summed E-state index contributed by atoms with van der Waals surface area (Å²) in [4.78, 5) is 14.1. The van der Waals surface area contributed by atoms with E-state index in [1.807, 2.05) is 6.92 Å². The predicted octanol–water partition coefficient (Wildman–Crippen LogP) is 3.08. The summed E-state index contributed by atoms with van der Waals surface area (Å²) in [6, 6.07) is 2.47. The number of piperidine rings is 1. The van der Waals surface area contributed by atoms with Gasteiger partial charge in [-0.25, -0.2) is 4.39 Å². The molecular weight excluding hydrogens is 290 g/mol. The first kappa shape index (κ1) is 14.6. The molecule has 19 heavy (non-hydrogen) atoms. The highest BCUT2D eigenvalue weighted by atomic mass is 35.5. The van der Waals surface area contributed by atoms with Crippen LogP contribution in [-0.4, -0.2) is 29.4 Å². The highest BCUT2D eigenvalue weighted by molar-refractivity contribution is 6.36. The van der Waals surface area contributed by atoms with Crippen LogP contribution in [0.4, 0.5) is 4.39 Å². The third-order valence-corrected chi connectivity index (χ3v) is 4.02. The van der Waals surface area contributed by atoms with Crippen molar-refractivity contribution < 1.29 is 9.18 Å². The van der Waals surface area contributed by atoms with E-state index in [4.69, 9.17) is 28.9 Å². The molecule has 0 radical (unpaired) electrons. The molecule has 2 unspecified atom stereocenters. The maximum absolute atomic E-state index is 13.5. The van der Waals surface area contributed by atoms with Gasteiger partial charge in [-0.05, 0) is 31.9 Å². The van der Waals surface area contributed by atoms with Crippen LogP contribution in [0.2, 0.25) is 10.0 Å². The Labute approximate surface area is 121 Å². The minimum Gasteiger partial charge on any atom is -0.336 e. The molecule has 1 saturated heterocycles. The predicted molar refractivity (Wildman–Crippen MR) is 74.1 cm³/mol. The quantitative estimate of drug-likeness (QED) is 0.811. The smallest absolute Gasteiger partial charge is 0.255 e. The van der Waals surface area contributed by atoms with Crippen LogP contribution >= 0.6 is 23.2 Å². The van der Waals surface area contributed by atoms with Crippen molar-refractivity contribution in [3.8, 4) is 0 Å². The fourth-order valence-corrected chi connectivity index (χ4v) is 2.82. The number of nitrogens with zero attached hydrogens (tertiary/aromatic N) is 1. The summed E-state index contributed by atoms with van der Waals surface area (Å²) >= 11 is 11.6. The number of likely N-dealkylation sites (tertiary alicyclic amines) is 1. The Kier molecular flexibility index (Phi) is 4.33. The zero-order valence-corrected chi connectivity index (χ0v) is 12.0. The van der Waals surface area contributed by atoms with E-state index in [1.54, 1.807) is 4.90 Å². The van der Waals surface area contributed by atoms with Crippen molar-refractivity contribution in [1.29, 1.82) is 0 Å². The SMILES string of the molecule is CC1CC(N)CCN1C(=O)c1cc(F)c(Cl)cc1Cl. The molecule has 1 heterocycles. The number of amides is 1. The number of hydrogen-bond acceptors (Lipinski definition) is 2. The standard InChI is InChI=1S/C13H15Cl2FN2O/c1-7-4-8(17)2-3-18(7)13(19)9-5-12(16)11(15)6-10(9)14/h5-8H,2-4,17H2,1H3. The van der Waals surface area contributed by atoms with Gasteiger partial charge in [0, 0.05) is 18.6 Å². The van der Waals surface area contributed by atoms with Gasteiger partial charge in [-0.15, -0.1) is 0 Å². The molecular formula is C13H15Cl2FN2O. The van der Waals surface area contributed by atoms with Gasteiger partial charge < -0.3 is 10.6 Å². The first-order valence-corrected chi connectivity index (χ1v) is 6.87. The van der Waals surface area contributed by atoms with Crippen molar-refractivity contribution in [2.75, 3.05) is 6.54 Å². The summed E-state index contributed by atoms with van der Waals surface area (Å²) in [5.74, 6) is -0.921. The molecule has 0 aromatic heterocycles. The molecule has 0 saturated carbocycles. The van der Waals surface area contributed by atoms with E-state index in [-0.39, 0.29) is 33.6 Å². The highest BCUT2D eigenvalue weighted by Gasteiger charge is 2.29. The van der Waals surface area contributed by atoms with Crippen LogP contribution in [0.1, 0.15) is 30.1 Å². The van der Waals surface area contributed by atoms with Gasteiger partial charge in [0.15, 0.2) is 0 Å². The third-order valence-electron chi connectivity index (χ3n) is 3.42. The zero-order valence-electron chi connectivity index (χ0n) is 10.5. The Hall–Kier alpha value is -0.840. The maximum atomic E-state index is 13.5. The van der Waals surface area contributed by atoms with E-state index < -0.39 is 5.82 Å². The average Bonchev–Trinajstić information content (AvgIpc) is 2.33. The van der Waals surface area contributed by atoms with E-state index in [2.05, 4.69) is 0 Å². The molecule has 3 nitrogen and oxygen atoms in total. The molecule has 6 heteroatoms. The molecule has 1 aliphatic heterocycles. The van der Waals surface area contributed by atoms with Crippen molar-refractivity contribution in [1.82, 2.24) is 4.90 Å². The Morgan fingerprint density at radius 2 is 2.11 bits per heavy atom. The monoisotopic (exact) mass is 304 g/mol. The molecule has 2 rings (SSSR count). The van der Waals surface area contributed by atoms with Crippen LogP contribution in [0.15, 0.2) is 12.1 Å².